The molecule has 0 radical (unpaired) electrons. The summed E-state index contributed by atoms with van der Waals surface area (Å²) in [6.45, 7) is 1.75. The molecule has 1 heterocycles. The summed E-state index contributed by atoms with van der Waals surface area (Å²) in [5.74, 6) is -1.21. The van der Waals surface area contributed by atoms with Crippen LogP contribution in [0.4, 0.5) is 4.39 Å². The van der Waals surface area contributed by atoms with Crippen LogP contribution in [-0.2, 0) is 0 Å². The molecule has 2 aromatic rings. The average molecular weight is 329 g/mol. The third-order valence-electron chi connectivity index (χ3n) is 2.50. The Kier molecular flexibility index (Phi) is 3.78. The minimum absolute atomic E-state index is 0.0787. The van der Waals surface area contributed by atoms with Gasteiger partial charge < -0.3 is 0 Å². The molecule has 0 aliphatic carbocycles. The van der Waals surface area contributed by atoms with Gasteiger partial charge in [0.05, 0.1) is 10.6 Å². The van der Waals surface area contributed by atoms with Gasteiger partial charge in [0.25, 0.3) is 0 Å². The minimum atomic E-state index is -0.735. The Morgan fingerprint density at radius 1 is 1.39 bits per heavy atom. The molecule has 0 bridgehead atoms. The van der Waals surface area contributed by atoms with Gasteiger partial charge in [-0.1, -0.05) is 17.7 Å². The van der Waals surface area contributed by atoms with Crippen LogP contribution in [0.3, 0.4) is 0 Å². The number of ketones is 1. The van der Waals surface area contributed by atoms with Gasteiger partial charge in [-0.2, -0.15) is 0 Å². The number of carbonyl (C=O) groups excluding carboxylic acids is 1. The summed E-state index contributed by atoms with van der Waals surface area (Å²) in [6.07, 6.45) is 1.50. The molecule has 0 atom stereocenters. The average Bonchev–Trinajstić information content (AvgIpc) is 2.36. The van der Waals surface area contributed by atoms with E-state index in [2.05, 4.69) is 20.9 Å². The van der Waals surface area contributed by atoms with E-state index in [1.807, 2.05) is 0 Å². The summed E-state index contributed by atoms with van der Waals surface area (Å²) in [5, 5.41) is -0.102. The lowest BCUT2D eigenvalue weighted by Crippen LogP contribution is -2.08. The second-order valence-electron chi connectivity index (χ2n) is 3.72. The number of aryl methyl sites for hydroxylation is 1. The molecular formula is C13H8BrClFNO. The van der Waals surface area contributed by atoms with Crippen LogP contribution in [0.5, 0.6) is 0 Å². The molecule has 2 nitrogen and oxygen atoms in total. The van der Waals surface area contributed by atoms with Crippen LogP contribution in [0, 0.1) is 12.7 Å². The van der Waals surface area contributed by atoms with Gasteiger partial charge in [-0.05, 0) is 46.6 Å². The molecule has 0 spiro atoms. The van der Waals surface area contributed by atoms with E-state index >= 15 is 0 Å². The standard InChI is InChI=1S/C13H8BrClFNO/c1-7-3-2-6-17-12(7)13(18)8-4-5-9(14)10(15)11(8)16/h2-6H,1H3. The number of nitrogens with zero attached hydrogens (tertiary/aromatic N) is 1. The fourth-order valence-electron chi connectivity index (χ4n) is 1.55. The summed E-state index contributed by atoms with van der Waals surface area (Å²) in [4.78, 5) is 16.2. The highest BCUT2D eigenvalue weighted by Crippen LogP contribution is 2.28. The second kappa shape index (κ2) is 5.16. The van der Waals surface area contributed by atoms with E-state index in [9.17, 15) is 9.18 Å². The van der Waals surface area contributed by atoms with Crippen LogP contribution in [0.15, 0.2) is 34.9 Å². The maximum Gasteiger partial charge on any atom is 0.214 e. The molecule has 0 unspecified atom stereocenters. The van der Waals surface area contributed by atoms with Crippen molar-refractivity contribution in [3.05, 3.63) is 62.6 Å². The van der Waals surface area contributed by atoms with Gasteiger partial charge in [0.2, 0.25) is 5.78 Å². The Morgan fingerprint density at radius 3 is 2.78 bits per heavy atom. The van der Waals surface area contributed by atoms with Crippen molar-refractivity contribution >= 4 is 33.3 Å². The van der Waals surface area contributed by atoms with E-state index < -0.39 is 11.6 Å². The van der Waals surface area contributed by atoms with E-state index in [1.165, 1.54) is 18.3 Å². The van der Waals surface area contributed by atoms with Crippen molar-refractivity contribution in [2.45, 2.75) is 6.92 Å². The Labute approximate surface area is 117 Å². The highest BCUT2D eigenvalue weighted by Gasteiger charge is 2.20. The lowest BCUT2D eigenvalue weighted by Gasteiger charge is -2.06. The van der Waals surface area contributed by atoms with Crippen LogP contribution < -0.4 is 0 Å². The molecule has 0 fully saturated rings. The van der Waals surface area contributed by atoms with Gasteiger partial charge >= 0.3 is 0 Å². The zero-order valence-corrected chi connectivity index (χ0v) is 11.7. The number of hydrogen-bond donors (Lipinski definition) is 0. The fourth-order valence-corrected chi connectivity index (χ4v) is 2.02. The van der Waals surface area contributed by atoms with Crippen LogP contribution in [0.25, 0.3) is 0 Å². The number of benzene rings is 1. The first-order chi connectivity index (χ1) is 8.52. The molecule has 0 aliphatic heterocycles. The third kappa shape index (κ3) is 2.31. The molecule has 92 valence electrons. The zero-order chi connectivity index (χ0) is 13.3. The van der Waals surface area contributed by atoms with Crippen LogP contribution in [0.1, 0.15) is 21.6 Å². The lowest BCUT2D eigenvalue weighted by molar-refractivity contribution is 0.103. The molecule has 1 aromatic heterocycles. The smallest absolute Gasteiger partial charge is 0.214 e. The third-order valence-corrected chi connectivity index (χ3v) is 3.76. The molecule has 0 N–H and O–H groups in total. The molecule has 0 saturated heterocycles. The monoisotopic (exact) mass is 327 g/mol. The largest absolute Gasteiger partial charge is 0.287 e. The van der Waals surface area contributed by atoms with Crippen molar-refractivity contribution in [2.75, 3.05) is 0 Å². The predicted octanol–water partition coefficient (Wildman–Crippen LogP) is 4.18. The van der Waals surface area contributed by atoms with Crippen LogP contribution >= 0.6 is 27.5 Å². The quantitative estimate of drug-likeness (QED) is 0.611. The number of rotatable bonds is 2. The summed E-state index contributed by atoms with van der Waals surface area (Å²) < 4.78 is 14.3. The maximum atomic E-state index is 13.9. The fraction of sp³-hybridized carbons (Fsp3) is 0.0769. The van der Waals surface area contributed by atoms with Crippen molar-refractivity contribution in [3.8, 4) is 0 Å². The van der Waals surface area contributed by atoms with Crippen LogP contribution in [0.2, 0.25) is 5.02 Å². The minimum Gasteiger partial charge on any atom is -0.287 e. The maximum absolute atomic E-state index is 13.9. The van der Waals surface area contributed by atoms with E-state index in [0.29, 0.717) is 10.0 Å². The molecular weight excluding hydrogens is 321 g/mol. The Hall–Kier alpha value is -1.26. The van der Waals surface area contributed by atoms with Crippen molar-refractivity contribution in [1.82, 2.24) is 4.98 Å². The van der Waals surface area contributed by atoms with E-state index in [4.69, 9.17) is 11.6 Å². The first kappa shape index (κ1) is 13.2. The van der Waals surface area contributed by atoms with Gasteiger partial charge in [-0.15, -0.1) is 0 Å². The summed E-state index contributed by atoms with van der Waals surface area (Å²) in [6, 6.07) is 6.40. The number of carbonyl (C=O) groups is 1. The molecule has 1 aromatic carbocycles. The van der Waals surface area contributed by atoms with Gasteiger partial charge in [0.1, 0.15) is 5.69 Å². The number of halogens is 3. The summed E-state index contributed by atoms with van der Waals surface area (Å²) >= 11 is 8.86. The first-order valence-corrected chi connectivity index (χ1v) is 6.29. The molecule has 0 saturated carbocycles. The summed E-state index contributed by atoms with van der Waals surface area (Å²) in [7, 11) is 0. The molecule has 18 heavy (non-hydrogen) atoms. The van der Waals surface area contributed by atoms with E-state index in [1.54, 1.807) is 19.1 Å². The highest BCUT2D eigenvalue weighted by atomic mass is 79.9. The second-order valence-corrected chi connectivity index (χ2v) is 4.95. The predicted molar refractivity (Wildman–Crippen MR) is 71.5 cm³/mol. The van der Waals surface area contributed by atoms with Crippen molar-refractivity contribution in [3.63, 3.8) is 0 Å². The van der Waals surface area contributed by atoms with E-state index in [0.717, 1.165) is 0 Å². The molecule has 0 amide bonds. The molecule has 5 heteroatoms. The molecule has 2 rings (SSSR count). The number of hydrogen-bond acceptors (Lipinski definition) is 2. The van der Waals surface area contributed by atoms with Crippen molar-refractivity contribution < 1.29 is 9.18 Å². The first-order valence-electron chi connectivity index (χ1n) is 5.12. The highest BCUT2D eigenvalue weighted by molar-refractivity contribution is 9.10. The zero-order valence-electron chi connectivity index (χ0n) is 9.38. The summed E-state index contributed by atoms with van der Waals surface area (Å²) in [5.41, 5.74) is 0.848. The Bertz CT molecular complexity index is 630. The molecule has 0 aliphatic rings. The number of aromatic nitrogens is 1. The van der Waals surface area contributed by atoms with Crippen molar-refractivity contribution in [1.29, 1.82) is 0 Å². The van der Waals surface area contributed by atoms with E-state index in [-0.39, 0.29) is 16.3 Å². The Morgan fingerprint density at radius 2 is 2.11 bits per heavy atom. The van der Waals surface area contributed by atoms with Gasteiger partial charge in [-0.3, -0.25) is 9.78 Å². The normalized spacial score (nSPS) is 10.4. The lowest BCUT2D eigenvalue weighted by atomic mass is 10.0. The van der Waals surface area contributed by atoms with Crippen molar-refractivity contribution in [2.24, 2.45) is 0 Å². The van der Waals surface area contributed by atoms with Gasteiger partial charge in [0, 0.05) is 10.7 Å². The van der Waals surface area contributed by atoms with Gasteiger partial charge in [0.15, 0.2) is 5.82 Å². The number of pyridine rings is 1. The topological polar surface area (TPSA) is 30.0 Å². The van der Waals surface area contributed by atoms with Crippen LogP contribution in [-0.4, -0.2) is 10.8 Å². The SMILES string of the molecule is Cc1cccnc1C(=O)c1ccc(Br)c(Cl)c1F. The Balaban J connectivity index is 2.54. The van der Waals surface area contributed by atoms with Gasteiger partial charge in [-0.25, -0.2) is 4.39 Å².